The van der Waals surface area contributed by atoms with Gasteiger partial charge in [-0.15, -0.1) is 0 Å². The Hall–Kier alpha value is -2.37. The molecule has 0 atom stereocenters. The van der Waals surface area contributed by atoms with E-state index in [0.717, 1.165) is 11.3 Å². The largest absolute Gasteiger partial charge is 0.475 e. The molecule has 0 spiro atoms. The lowest BCUT2D eigenvalue weighted by Gasteiger charge is -2.23. The van der Waals surface area contributed by atoms with Gasteiger partial charge in [0.25, 0.3) is 5.91 Å². The summed E-state index contributed by atoms with van der Waals surface area (Å²) >= 11 is 0. The number of pyridine rings is 1. The van der Waals surface area contributed by atoms with Crippen LogP contribution in [0.2, 0.25) is 0 Å². The molecule has 0 aliphatic rings. The van der Waals surface area contributed by atoms with Gasteiger partial charge in [0, 0.05) is 24.5 Å². The first-order valence-electron chi connectivity index (χ1n) is 9.08. The van der Waals surface area contributed by atoms with Crippen LogP contribution in [0.25, 0.3) is 0 Å². The van der Waals surface area contributed by atoms with Gasteiger partial charge in [-0.25, -0.2) is 4.98 Å². The van der Waals surface area contributed by atoms with Gasteiger partial charge in [-0.2, -0.15) is 5.10 Å². The fourth-order valence-electron chi connectivity index (χ4n) is 2.55. The van der Waals surface area contributed by atoms with Crippen LogP contribution < -0.4 is 10.1 Å². The maximum Gasteiger partial charge on any atom is 0.272 e. The Kier molecular flexibility index (Phi) is 6.05. The highest BCUT2D eigenvalue weighted by atomic mass is 16.5. The Morgan fingerprint density at radius 3 is 2.38 bits per heavy atom. The molecule has 142 valence electrons. The van der Waals surface area contributed by atoms with Gasteiger partial charge in [-0.1, -0.05) is 19.9 Å². The lowest BCUT2D eigenvalue weighted by atomic mass is 10.1. The molecule has 0 saturated heterocycles. The molecule has 1 amide bonds. The second-order valence-electron chi connectivity index (χ2n) is 8.05. The SMILES string of the molecule is CC(C)Oc1ccc(CNC(=O)c2cc(C(C)C)n(C(C)(C)C)n2)cn1. The molecule has 26 heavy (non-hydrogen) atoms. The van der Waals surface area contributed by atoms with Gasteiger partial charge in [-0.05, 0) is 52.2 Å². The Morgan fingerprint density at radius 2 is 1.92 bits per heavy atom. The van der Waals surface area contributed by atoms with Gasteiger partial charge >= 0.3 is 0 Å². The molecule has 0 radical (unpaired) electrons. The zero-order chi connectivity index (χ0) is 19.5. The number of nitrogens with zero attached hydrogens (tertiary/aromatic N) is 3. The van der Waals surface area contributed by atoms with Gasteiger partial charge in [0.15, 0.2) is 0 Å². The van der Waals surface area contributed by atoms with E-state index in [-0.39, 0.29) is 17.6 Å². The van der Waals surface area contributed by atoms with Gasteiger partial charge in [0.2, 0.25) is 5.88 Å². The number of hydrogen-bond donors (Lipinski definition) is 1. The predicted molar refractivity (Wildman–Crippen MR) is 102 cm³/mol. The lowest BCUT2D eigenvalue weighted by Crippen LogP contribution is -2.27. The summed E-state index contributed by atoms with van der Waals surface area (Å²) in [5.74, 6) is 0.693. The first-order valence-corrected chi connectivity index (χ1v) is 9.08. The standard InChI is InChI=1S/C20H30N4O2/c1-13(2)17-10-16(23-24(17)20(5,6)7)19(25)22-12-15-8-9-18(21-11-15)26-14(3)4/h8-11,13-14H,12H2,1-7H3,(H,22,25). The molecular formula is C20H30N4O2. The van der Waals surface area contributed by atoms with E-state index in [1.807, 2.05) is 36.7 Å². The molecule has 2 heterocycles. The van der Waals surface area contributed by atoms with E-state index in [4.69, 9.17) is 4.74 Å². The van der Waals surface area contributed by atoms with Crippen molar-refractivity contribution in [1.29, 1.82) is 0 Å². The van der Waals surface area contributed by atoms with Crippen LogP contribution in [0.15, 0.2) is 24.4 Å². The summed E-state index contributed by atoms with van der Waals surface area (Å²) in [5.41, 5.74) is 2.23. The third kappa shape index (κ3) is 5.07. The minimum Gasteiger partial charge on any atom is -0.475 e. The molecule has 0 aliphatic heterocycles. The summed E-state index contributed by atoms with van der Waals surface area (Å²) in [6, 6.07) is 5.59. The van der Waals surface area contributed by atoms with Crippen molar-refractivity contribution in [2.45, 2.75) is 72.6 Å². The van der Waals surface area contributed by atoms with Crippen LogP contribution in [0.1, 0.15) is 76.1 Å². The van der Waals surface area contributed by atoms with Gasteiger partial charge in [0.1, 0.15) is 5.69 Å². The van der Waals surface area contributed by atoms with Crippen LogP contribution in [0.4, 0.5) is 0 Å². The van der Waals surface area contributed by atoms with Crippen LogP contribution in [0.3, 0.4) is 0 Å². The van der Waals surface area contributed by atoms with Crippen LogP contribution in [0, 0.1) is 0 Å². The first kappa shape index (κ1) is 19.9. The van der Waals surface area contributed by atoms with E-state index in [1.165, 1.54) is 0 Å². The van der Waals surface area contributed by atoms with Gasteiger partial charge < -0.3 is 10.1 Å². The number of aromatic nitrogens is 3. The van der Waals surface area contributed by atoms with Crippen molar-refractivity contribution in [3.05, 3.63) is 41.3 Å². The Balaban J connectivity index is 2.06. The number of carbonyl (C=O) groups excluding carboxylic acids is 1. The van der Waals surface area contributed by atoms with Crippen LogP contribution in [-0.2, 0) is 12.1 Å². The van der Waals surface area contributed by atoms with E-state index in [2.05, 4.69) is 50.0 Å². The molecule has 6 heteroatoms. The predicted octanol–water partition coefficient (Wildman–Crippen LogP) is 3.87. The minimum atomic E-state index is -0.183. The maximum absolute atomic E-state index is 12.5. The minimum absolute atomic E-state index is 0.0844. The van der Waals surface area contributed by atoms with E-state index < -0.39 is 0 Å². The number of amides is 1. The highest BCUT2D eigenvalue weighted by molar-refractivity contribution is 5.92. The molecule has 2 rings (SSSR count). The van der Waals surface area contributed by atoms with Crippen LogP contribution >= 0.6 is 0 Å². The zero-order valence-corrected chi connectivity index (χ0v) is 16.8. The smallest absolute Gasteiger partial charge is 0.272 e. The first-order chi connectivity index (χ1) is 12.1. The van der Waals surface area contributed by atoms with Crippen LogP contribution in [-0.4, -0.2) is 26.8 Å². The Morgan fingerprint density at radius 1 is 1.23 bits per heavy atom. The number of ether oxygens (including phenoxy) is 1. The van der Waals surface area contributed by atoms with Crippen molar-refractivity contribution < 1.29 is 9.53 Å². The Bertz CT molecular complexity index is 740. The molecule has 2 aromatic heterocycles. The van der Waals surface area contributed by atoms with Crippen molar-refractivity contribution >= 4 is 5.91 Å². The van der Waals surface area contributed by atoms with E-state index >= 15 is 0 Å². The normalized spacial score (nSPS) is 11.9. The third-order valence-corrected chi connectivity index (χ3v) is 3.80. The van der Waals surface area contributed by atoms with Crippen molar-refractivity contribution in [2.24, 2.45) is 0 Å². The molecule has 2 aromatic rings. The average Bonchev–Trinajstić information content (AvgIpc) is 2.99. The lowest BCUT2D eigenvalue weighted by molar-refractivity contribution is 0.0944. The summed E-state index contributed by atoms with van der Waals surface area (Å²) in [5, 5.41) is 7.44. The molecular weight excluding hydrogens is 328 g/mol. The molecule has 0 fully saturated rings. The monoisotopic (exact) mass is 358 g/mol. The zero-order valence-electron chi connectivity index (χ0n) is 16.8. The highest BCUT2D eigenvalue weighted by Crippen LogP contribution is 2.23. The molecule has 0 saturated carbocycles. The Labute approximate surface area is 156 Å². The number of hydrogen-bond acceptors (Lipinski definition) is 4. The number of nitrogens with one attached hydrogen (secondary N) is 1. The second-order valence-corrected chi connectivity index (χ2v) is 8.05. The molecule has 0 aliphatic carbocycles. The second kappa shape index (κ2) is 7.89. The quantitative estimate of drug-likeness (QED) is 0.851. The molecule has 1 N–H and O–H groups in total. The van der Waals surface area contributed by atoms with Crippen molar-refractivity contribution in [2.75, 3.05) is 0 Å². The van der Waals surface area contributed by atoms with Crippen molar-refractivity contribution in [3.63, 3.8) is 0 Å². The van der Waals surface area contributed by atoms with Gasteiger partial charge in [-0.3, -0.25) is 9.48 Å². The van der Waals surface area contributed by atoms with Crippen molar-refractivity contribution in [1.82, 2.24) is 20.1 Å². The topological polar surface area (TPSA) is 69.0 Å². The summed E-state index contributed by atoms with van der Waals surface area (Å²) < 4.78 is 7.46. The van der Waals surface area contributed by atoms with E-state index in [0.29, 0.717) is 24.0 Å². The number of carbonyl (C=O) groups is 1. The van der Waals surface area contributed by atoms with Gasteiger partial charge in [0.05, 0.1) is 11.6 Å². The fourth-order valence-corrected chi connectivity index (χ4v) is 2.55. The average molecular weight is 358 g/mol. The maximum atomic E-state index is 12.5. The van der Waals surface area contributed by atoms with E-state index in [9.17, 15) is 4.79 Å². The van der Waals surface area contributed by atoms with Crippen molar-refractivity contribution in [3.8, 4) is 5.88 Å². The summed E-state index contributed by atoms with van der Waals surface area (Å²) in [6.07, 6.45) is 1.80. The summed E-state index contributed by atoms with van der Waals surface area (Å²) in [7, 11) is 0. The third-order valence-electron chi connectivity index (χ3n) is 3.80. The van der Waals surface area contributed by atoms with Crippen LogP contribution in [0.5, 0.6) is 5.88 Å². The van der Waals surface area contributed by atoms with E-state index in [1.54, 1.807) is 6.20 Å². The number of rotatable bonds is 6. The molecule has 6 nitrogen and oxygen atoms in total. The molecule has 0 unspecified atom stereocenters. The fraction of sp³-hybridized carbons (Fsp3) is 0.550. The summed E-state index contributed by atoms with van der Waals surface area (Å²) in [4.78, 5) is 16.8. The highest BCUT2D eigenvalue weighted by Gasteiger charge is 2.23. The molecule has 0 bridgehead atoms. The molecule has 0 aromatic carbocycles. The summed E-state index contributed by atoms with van der Waals surface area (Å²) in [6.45, 7) is 14.8.